The first-order chi connectivity index (χ1) is 10.2. The van der Waals surface area contributed by atoms with Gasteiger partial charge < -0.3 is 9.53 Å². The fraction of sp³-hybridized carbons (Fsp3) is 0.118. The number of ketones is 1. The van der Waals surface area contributed by atoms with Gasteiger partial charge in [0.2, 0.25) is 5.78 Å². The summed E-state index contributed by atoms with van der Waals surface area (Å²) < 4.78 is 4.95. The van der Waals surface area contributed by atoms with Crippen LogP contribution in [0.3, 0.4) is 0 Å². The Balaban J connectivity index is 2.00. The Kier molecular flexibility index (Phi) is 4.99. The molecule has 1 atom stereocenters. The molecule has 0 saturated heterocycles. The minimum Gasteiger partial charge on any atom is -0.421 e. The molecule has 0 fully saturated rings. The van der Waals surface area contributed by atoms with Crippen molar-refractivity contribution in [3.63, 3.8) is 0 Å². The summed E-state index contributed by atoms with van der Waals surface area (Å²) in [5, 5.41) is 0. The van der Waals surface area contributed by atoms with Gasteiger partial charge in [-0.25, -0.2) is 4.79 Å². The van der Waals surface area contributed by atoms with Gasteiger partial charge in [-0.1, -0.05) is 48.5 Å². The first kappa shape index (κ1) is 14.7. The van der Waals surface area contributed by atoms with Crippen LogP contribution in [0.15, 0.2) is 60.7 Å². The summed E-state index contributed by atoms with van der Waals surface area (Å²) in [5.74, 6) is -2.01. The molecule has 0 spiro atoms. The average molecular weight is 282 g/mol. The second-order valence-corrected chi connectivity index (χ2v) is 4.48. The summed E-state index contributed by atoms with van der Waals surface area (Å²) >= 11 is 0. The lowest BCUT2D eigenvalue weighted by Gasteiger charge is -2.09. The summed E-state index contributed by atoms with van der Waals surface area (Å²) in [5.41, 5.74) is 0.702. The monoisotopic (exact) mass is 282 g/mol. The first-order valence-electron chi connectivity index (χ1n) is 6.51. The van der Waals surface area contributed by atoms with Gasteiger partial charge in [0.1, 0.15) is 12.0 Å². The van der Waals surface area contributed by atoms with Crippen LogP contribution in [0.25, 0.3) is 0 Å². The van der Waals surface area contributed by atoms with Crippen molar-refractivity contribution in [1.29, 1.82) is 0 Å². The maximum Gasteiger partial charge on any atom is 0.380 e. The number of carbonyl (C=O) groups is 3. The lowest BCUT2D eigenvalue weighted by Crippen LogP contribution is -2.22. The third-order valence-corrected chi connectivity index (χ3v) is 2.98. The van der Waals surface area contributed by atoms with E-state index < -0.39 is 17.7 Å². The number of esters is 1. The van der Waals surface area contributed by atoms with Crippen molar-refractivity contribution in [2.45, 2.75) is 12.3 Å². The number of carbonyl (C=O) groups excluding carboxylic acids is 3. The highest BCUT2D eigenvalue weighted by molar-refractivity contribution is 6.34. The number of para-hydroxylation sites is 1. The van der Waals surface area contributed by atoms with Gasteiger partial charge in [-0.2, -0.15) is 0 Å². The van der Waals surface area contributed by atoms with E-state index in [1.807, 2.05) is 6.07 Å². The van der Waals surface area contributed by atoms with E-state index in [0.29, 0.717) is 17.6 Å². The van der Waals surface area contributed by atoms with Crippen molar-refractivity contribution >= 4 is 18.0 Å². The van der Waals surface area contributed by atoms with Crippen LogP contribution in [0.2, 0.25) is 0 Å². The molecule has 0 N–H and O–H groups in total. The zero-order chi connectivity index (χ0) is 15.1. The van der Waals surface area contributed by atoms with Crippen LogP contribution < -0.4 is 4.74 Å². The Morgan fingerprint density at radius 3 is 2.10 bits per heavy atom. The molecule has 2 rings (SSSR count). The molecule has 2 aromatic rings. The highest BCUT2D eigenvalue weighted by Crippen LogP contribution is 2.18. The lowest BCUT2D eigenvalue weighted by molar-refractivity contribution is -0.147. The minimum atomic E-state index is -0.955. The summed E-state index contributed by atoms with van der Waals surface area (Å²) in [6, 6.07) is 17.2. The van der Waals surface area contributed by atoms with Gasteiger partial charge in [0, 0.05) is 12.3 Å². The molecular formula is C17H14O4. The zero-order valence-electron chi connectivity index (χ0n) is 11.3. The molecule has 0 saturated carbocycles. The molecule has 0 radical (unpaired) electrons. The predicted octanol–water partition coefficient (Wildman–Crippen LogP) is 2.53. The Morgan fingerprint density at radius 2 is 1.52 bits per heavy atom. The van der Waals surface area contributed by atoms with Gasteiger partial charge in [-0.05, 0) is 17.7 Å². The second kappa shape index (κ2) is 7.14. The van der Waals surface area contributed by atoms with Crippen molar-refractivity contribution in [2.24, 2.45) is 0 Å². The lowest BCUT2D eigenvalue weighted by atomic mass is 9.95. The maximum atomic E-state index is 11.9. The zero-order valence-corrected chi connectivity index (χ0v) is 11.3. The van der Waals surface area contributed by atoms with E-state index in [0.717, 1.165) is 0 Å². The molecule has 0 aromatic heterocycles. The molecule has 2 aromatic carbocycles. The summed E-state index contributed by atoms with van der Waals surface area (Å²) in [4.78, 5) is 34.7. The van der Waals surface area contributed by atoms with Gasteiger partial charge >= 0.3 is 5.97 Å². The normalized spacial score (nSPS) is 11.4. The molecule has 0 aliphatic rings. The van der Waals surface area contributed by atoms with Gasteiger partial charge in [0.05, 0.1) is 0 Å². The van der Waals surface area contributed by atoms with E-state index >= 15 is 0 Å². The summed E-state index contributed by atoms with van der Waals surface area (Å²) in [7, 11) is 0. The van der Waals surface area contributed by atoms with Gasteiger partial charge in [0.15, 0.2) is 0 Å². The quantitative estimate of drug-likeness (QED) is 0.353. The number of benzene rings is 2. The largest absolute Gasteiger partial charge is 0.421 e. The van der Waals surface area contributed by atoms with Crippen molar-refractivity contribution in [3.05, 3.63) is 66.2 Å². The molecule has 4 heteroatoms. The highest BCUT2D eigenvalue weighted by atomic mass is 16.5. The third kappa shape index (κ3) is 4.11. The fourth-order valence-corrected chi connectivity index (χ4v) is 1.88. The fourth-order valence-electron chi connectivity index (χ4n) is 1.88. The van der Waals surface area contributed by atoms with E-state index in [1.54, 1.807) is 54.6 Å². The van der Waals surface area contributed by atoms with Crippen LogP contribution in [0.1, 0.15) is 17.9 Å². The predicted molar refractivity (Wildman–Crippen MR) is 76.9 cm³/mol. The smallest absolute Gasteiger partial charge is 0.380 e. The Morgan fingerprint density at radius 1 is 0.952 bits per heavy atom. The topological polar surface area (TPSA) is 60.4 Å². The van der Waals surface area contributed by atoms with Crippen molar-refractivity contribution in [3.8, 4) is 5.75 Å². The van der Waals surface area contributed by atoms with E-state index in [9.17, 15) is 14.4 Å². The Labute approximate surface area is 122 Å². The van der Waals surface area contributed by atoms with Crippen LogP contribution in [-0.4, -0.2) is 18.0 Å². The molecule has 21 heavy (non-hydrogen) atoms. The Hall–Kier alpha value is -2.75. The molecule has 0 aliphatic carbocycles. The SMILES string of the molecule is O=CC(CC(=O)C(=O)Oc1ccccc1)c1ccccc1. The van der Waals surface area contributed by atoms with Gasteiger partial charge in [0.25, 0.3) is 0 Å². The van der Waals surface area contributed by atoms with Crippen LogP contribution in [0, 0.1) is 0 Å². The van der Waals surface area contributed by atoms with E-state index in [2.05, 4.69) is 0 Å². The summed E-state index contributed by atoms with van der Waals surface area (Å²) in [6.45, 7) is 0. The van der Waals surface area contributed by atoms with Crippen molar-refractivity contribution in [1.82, 2.24) is 0 Å². The minimum absolute atomic E-state index is 0.195. The molecule has 0 heterocycles. The number of rotatable bonds is 6. The number of ether oxygens (including phenoxy) is 1. The van der Waals surface area contributed by atoms with Gasteiger partial charge in [-0.3, -0.25) is 4.79 Å². The molecule has 0 aliphatic heterocycles. The highest BCUT2D eigenvalue weighted by Gasteiger charge is 2.22. The molecule has 4 nitrogen and oxygen atoms in total. The number of hydrogen-bond donors (Lipinski definition) is 0. The standard InChI is InChI=1S/C17H14O4/c18-12-14(13-7-3-1-4-8-13)11-16(19)17(20)21-15-9-5-2-6-10-15/h1-10,12,14H,11H2. The van der Waals surface area contributed by atoms with Crippen LogP contribution in [0.5, 0.6) is 5.75 Å². The molecule has 0 amide bonds. The van der Waals surface area contributed by atoms with E-state index in [1.165, 1.54) is 0 Å². The Bertz CT molecular complexity index is 620. The molecule has 0 bridgehead atoms. The van der Waals surface area contributed by atoms with Crippen molar-refractivity contribution < 1.29 is 19.1 Å². The van der Waals surface area contributed by atoms with Crippen molar-refractivity contribution in [2.75, 3.05) is 0 Å². The third-order valence-electron chi connectivity index (χ3n) is 2.98. The van der Waals surface area contributed by atoms with Crippen LogP contribution in [0.4, 0.5) is 0 Å². The molecule has 1 unspecified atom stereocenters. The van der Waals surface area contributed by atoms with Crippen LogP contribution in [-0.2, 0) is 14.4 Å². The number of Topliss-reactive ketones (excluding diaryl/α,β-unsaturated/α-hetero) is 1. The van der Waals surface area contributed by atoms with E-state index in [-0.39, 0.29) is 6.42 Å². The number of hydrogen-bond acceptors (Lipinski definition) is 4. The summed E-state index contributed by atoms with van der Waals surface area (Å²) in [6.07, 6.45) is 0.474. The second-order valence-electron chi connectivity index (χ2n) is 4.48. The number of aldehydes is 1. The van der Waals surface area contributed by atoms with E-state index in [4.69, 9.17) is 4.74 Å². The van der Waals surface area contributed by atoms with Gasteiger partial charge in [-0.15, -0.1) is 0 Å². The average Bonchev–Trinajstić information content (AvgIpc) is 2.54. The maximum absolute atomic E-state index is 11.9. The molecule has 106 valence electrons. The first-order valence-corrected chi connectivity index (χ1v) is 6.51. The van der Waals surface area contributed by atoms with Crippen LogP contribution >= 0.6 is 0 Å². The molecular weight excluding hydrogens is 268 g/mol.